The summed E-state index contributed by atoms with van der Waals surface area (Å²) in [4.78, 5) is 12.4. The fourth-order valence-electron chi connectivity index (χ4n) is 6.48. The molecule has 0 aromatic carbocycles. The molecule has 0 saturated heterocycles. The van der Waals surface area contributed by atoms with Gasteiger partial charge in [-0.3, -0.25) is 4.79 Å². The van der Waals surface area contributed by atoms with Crippen LogP contribution in [-0.2, 0) is 4.79 Å². The van der Waals surface area contributed by atoms with E-state index in [0.717, 1.165) is 50.4 Å². The first-order valence-electron chi connectivity index (χ1n) is 8.88. The summed E-state index contributed by atoms with van der Waals surface area (Å²) in [6.45, 7) is 4.70. The lowest BCUT2D eigenvalue weighted by Gasteiger charge is -2.57. The van der Waals surface area contributed by atoms with Gasteiger partial charge in [-0.15, -0.1) is 0 Å². The number of rotatable bonds is 0. The fraction of sp³-hybridized carbons (Fsp3) is 0.842. The predicted molar refractivity (Wildman–Crippen MR) is 82.7 cm³/mol. The number of carbonyl (C=O) groups is 1. The fourth-order valence-corrected chi connectivity index (χ4v) is 6.48. The molecule has 3 unspecified atom stereocenters. The highest BCUT2D eigenvalue weighted by molar-refractivity contribution is 5.87. The number of aliphatic hydroxyl groups is 1. The lowest BCUT2D eigenvalue weighted by Crippen LogP contribution is -2.50. The summed E-state index contributed by atoms with van der Waals surface area (Å²) in [5, 5.41) is 9.96. The second-order valence-corrected chi connectivity index (χ2v) is 8.55. The van der Waals surface area contributed by atoms with Gasteiger partial charge < -0.3 is 5.11 Å². The van der Waals surface area contributed by atoms with Crippen LogP contribution >= 0.6 is 0 Å². The zero-order chi connectivity index (χ0) is 14.8. The first-order valence-corrected chi connectivity index (χ1v) is 8.88. The van der Waals surface area contributed by atoms with Crippen molar-refractivity contribution in [2.24, 2.45) is 28.6 Å². The highest BCUT2D eigenvalue weighted by Crippen LogP contribution is 2.64. The van der Waals surface area contributed by atoms with Gasteiger partial charge in [0.2, 0.25) is 0 Å². The number of allylic oxidation sites excluding steroid dienone is 1. The minimum Gasteiger partial charge on any atom is -0.389 e. The van der Waals surface area contributed by atoms with E-state index in [9.17, 15) is 9.90 Å². The van der Waals surface area contributed by atoms with E-state index in [2.05, 4.69) is 19.9 Å². The quantitative estimate of drug-likeness (QED) is 0.687. The van der Waals surface area contributed by atoms with Gasteiger partial charge in [-0.05, 0) is 68.1 Å². The molecule has 116 valence electrons. The van der Waals surface area contributed by atoms with Crippen molar-refractivity contribution >= 4 is 5.78 Å². The molecular weight excluding hydrogens is 260 g/mol. The number of ketones is 1. The molecule has 4 rings (SSSR count). The minimum absolute atomic E-state index is 0.00702. The van der Waals surface area contributed by atoms with Crippen LogP contribution in [0.3, 0.4) is 0 Å². The van der Waals surface area contributed by atoms with E-state index in [1.165, 1.54) is 18.4 Å². The van der Waals surface area contributed by atoms with Crippen molar-refractivity contribution in [1.29, 1.82) is 0 Å². The molecule has 1 N–H and O–H groups in total. The Balaban J connectivity index is 1.69. The highest BCUT2D eigenvalue weighted by Gasteiger charge is 2.58. The van der Waals surface area contributed by atoms with Crippen LogP contribution in [0.4, 0.5) is 0 Å². The van der Waals surface area contributed by atoms with Crippen LogP contribution in [0.1, 0.15) is 65.2 Å². The zero-order valence-corrected chi connectivity index (χ0v) is 13.4. The number of hydrogen-bond acceptors (Lipinski definition) is 2. The molecule has 4 aliphatic rings. The summed E-state index contributed by atoms with van der Waals surface area (Å²) < 4.78 is 0. The van der Waals surface area contributed by atoms with Gasteiger partial charge in [-0.1, -0.05) is 25.5 Å². The van der Waals surface area contributed by atoms with Crippen molar-refractivity contribution in [1.82, 2.24) is 0 Å². The van der Waals surface area contributed by atoms with Gasteiger partial charge in [0.05, 0.1) is 6.10 Å². The Morgan fingerprint density at radius 1 is 1.00 bits per heavy atom. The van der Waals surface area contributed by atoms with E-state index < -0.39 is 0 Å². The van der Waals surface area contributed by atoms with E-state index in [-0.39, 0.29) is 11.5 Å². The summed E-state index contributed by atoms with van der Waals surface area (Å²) in [6, 6.07) is 0. The van der Waals surface area contributed by atoms with Crippen molar-refractivity contribution < 1.29 is 9.90 Å². The van der Waals surface area contributed by atoms with Crippen LogP contribution in [0.2, 0.25) is 0 Å². The number of fused-ring (bicyclic) bond motifs is 5. The van der Waals surface area contributed by atoms with Crippen molar-refractivity contribution in [3.8, 4) is 0 Å². The van der Waals surface area contributed by atoms with Crippen LogP contribution in [0, 0.1) is 28.6 Å². The van der Waals surface area contributed by atoms with E-state index in [1.807, 2.05) is 0 Å². The Kier molecular flexibility index (Phi) is 2.96. The summed E-state index contributed by atoms with van der Waals surface area (Å²) in [5.74, 6) is 2.66. The van der Waals surface area contributed by atoms with Gasteiger partial charge in [-0.2, -0.15) is 0 Å². The van der Waals surface area contributed by atoms with E-state index in [1.54, 1.807) is 0 Å². The first kappa shape index (κ1) is 14.0. The Bertz CT molecular complexity index is 508. The van der Waals surface area contributed by atoms with Crippen molar-refractivity contribution in [2.75, 3.05) is 0 Å². The number of hydrogen-bond donors (Lipinski definition) is 1. The van der Waals surface area contributed by atoms with Crippen molar-refractivity contribution in [3.05, 3.63) is 11.6 Å². The highest BCUT2D eigenvalue weighted by atomic mass is 16.3. The molecule has 0 aromatic heterocycles. The molecule has 0 amide bonds. The first-order chi connectivity index (χ1) is 9.95. The minimum atomic E-state index is -0.216. The Morgan fingerprint density at radius 3 is 2.52 bits per heavy atom. The maximum absolute atomic E-state index is 12.4. The molecule has 0 radical (unpaired) electrons. The summed E-state index contributed by atoms with van der Waals surface area (Å²) in [7, 11) is 0. The standard InChI is InChI=1S/C19H28O2/c1-18-9-7-13(20)11-12(18)3-4-14-15-5-6-17(21)19(15,2)10-8-16(14)18/h11,13-16,20H,3-10H2,1-2H3/t13-,14?,15?,16?,18-,19-/m0/s1. The molecule has 0 bridgehead atoms. The third-order valence-electron chi connectivity index (χ3n) is 7.80. The summed E-state index contributed by atoms with van der Waals surface area (Å²) in [6.07, 6.45) is 10.7. The molecule has 2 heteroatoms. The molecule has 3 saturated carbocycles. The van der Waals surface area contributed by atoms with Crippen LogP contribution in [0.15, 0.2) is 11.6 Å². The molecule has 0 spiro atoms. The summed E-state index contributed by atoms with van der Waals surface area (Å²) in [5.41, 5.74) is 1.82. The predicted octanol–water partition coefficient (Wildman–Crippen LogP) is 3.88. The van der Waals surface area contributed by atoms with Crippen molar-refractivity contribution in [2.45, 2.75) is 71.3 Å². The molecule has 2 nitrogen and oxygen atoms in total. The average molecular weight is 288 g/mol. The zero-order valence-electron chi connectivity index (χ0n) is 13.4. The van der Waals surface area contributed by atoms with Gasteiger partial charge in [0.1, 0.15) is 5.78 Å². The average Bonchev–Trinajstić information content (AvgIpc) is 2.76. The van der Waals surface area contributed by atoms with Gasteiger partial charge in [0.15, 0.2) is 0 Å². The lowest BCUT2D eigenvalue weighted by atomic mass is 9.47. The number of Topliss-reactive ketones (excluding diaryl/α,β-unsaturated/α-hetero) is 1. The third-order valence-corrected chi connectivity index (χ3v) is 7.80. The molecule has 4 aliphatic carbocycles. The molecule has 0 aliphatic heterocycles. The maximum Gasteiger partial charge on any atom is 0.139 e. The Labute approximate surface area is 128 Å². The summed E-state index contributed by atoms with van der Waals surface area (Å²) >= 11 is 0. The normalized spacial score (nSPS) is 52.7. The van der Waals surface area contributed by atoms with E-state index in [0.29, 0.717) is 17.1 Å². The van der Waals surface area contributed by atoms with Crippen LogP contribution < -0.4 is 0 Å². The topological polar surface area (TPSA) is 37.3 Å². The molecule has 0 aromatic rings. The van der Waals surface area contributed by atoms with E-state index in [4.69, 9.17) is 0 Å². The van der Waals surface area contributed by atoms with Crippen molar-refractivity contribution in [3.63, 3.8) is 0 Å². The maximum atomic E-state index is 12.4. The van der Waals surface area contributed by atoms with Gasteiger partial charge in [-0.25, -0.2) is 0 Å². The Hall–Kier alpha value is -0.630. The van der Waals surface area contributed by atoms with Crippen LogP contribution in [0.25, 0.3) is 0 Å². The largest absolute Gasteiger partial charge is 0.389 e. The van der Waals surface area contributed by atoms with Gasteiger partial charge in [0, 0.05) is 11.8 Å². The second kappa shape index (κ2) is 4.44. The van der Waals surface area contributed by atoms with Gasteiger partial charge >= 0.3 is 0 Å². The van der Waals surface area contributed by atoms with E-state index >= 15 is 0 Å². The smallest absolute Gasteiger partial charge is 0.139 e. The number of carbonyl (C=O) groups excluding carboxylic acids is 1. The monoisotopic (exact) mass is 288 g/mol. The lowest BCUT2D eigenvalue weighted by molar-refractivity contribution is -0.132. The van der Waals surface area contributed by atoms with Crippen LogP contribution in [-0.4, -0.2) is 17.0 Å². The van der Waals surface area contributed by atoms with Gasteiger partial charge in [0.25, 0.3) is 0 Å². The Morgan fingerprint density at radius 2 is 1.71 bits per heavy atom. The molecule has 6 atom stereocenters. The number of aliphatic hydroxyl groups excluding tert-OH is 1. The van der Waals surface area contributed by atoms with Crippen LogP contribution in [0.5, 0.6) is 0 Å². The molecule has 21 heavy (non-hydrogen) atoms. The molecule has 3 fully saturated rings. The SMILES string of the molecule is C[C@]12CC[C@H](O)C=C1CCC1C2CC[C@]2(C)C(=O)CCC12. The molecular formula is C19H28O2. The third kappa shape index (κ3) is 1.78. The second-order valence-electron chi connectivity index (χ2n) is 8.55. The molecule has 0 heterocycles.